The van der Waals surface area contributed by atoms with Crippen LogP contribution >= 0.6 is 12.2 Å². The highest BCUT2D eigenvalue weighted by molar-refractivity contribution is 7.80. The van der Waals surface area contributed by atoms with Crippen molar-refractivity contribution in [3.05, 3.63) is 24.0 Å². The lowest BCUT2D eigenvalue weighted by Crippen LogP contribution is -2.33. The number of aryl methyl sites for hydroxylation is 1. The van der Waals surface area contributed by atoms with Gasteiger partial charge in [0.05, 0.1) is 13.3 Å². The topological polar surface area (TPSA) is 51.1 Å². The Labute approximate surface area is 118 Å². The first-order valence-corrected chi connectivity index (χ1v) is 6.50. The second kappa shape index (κ2) is 5.88. The largest absolute Gasteiger partial charge is 0.495 e. The van der Waals surface area contributed by atoms with Gasteiger partial charge in [-0.05, 0) is 30.3 Å². The van der Waals surface area contributed by atoms with E-state index in [-0.39, 0.29) is 0 Å². The van der Waals surface area contributed by atoms with E-state index < -0.39 is 0 Å². The number of nitrogens with zero attached hydrogens (tertiary/aromatic N) is 2. The molecule has 0 saturated carbocycles. The Balaban J connectivity index is 2.20. The van der Waals surface area contributed by atoms with Crippen LogP contribution in [0.15, 0.2) is 18.5 Å². The van der Waals surface area contributed by atoms with Crippen LogP contribution in [-0.4, -0.2) is 35.4 Å². The van der Waals surface area contributed by atoms with E-state index in [4.69, 9.17) is 17.0 Å². The molecule has 0 fully saturated rings. The molecule has 2 rings (SSSR count). The van der Waals surface area contributed by atoms with Crippen LogP contribution in [0.5, 0.6) is 5.75 Å². The predicted octanol–water partition coefficient (Wildman–Crippen LogP) is 1.22. The maximum Gasteiger partial charge on any atom is 0.166 e. The number of fused-ring (bicyclic) bond motifs is 1. The van der Waals surface area contributed by atoms with Crippen molar-refractivity contribution >= 4 is 28.4 Å². The fraction of sp³-hybridized carbons (Fsp3) is 0.385. The van der Waals surface area contributed by atoms with Crippen LogP contribution in [0.4, 0.5) is 0 Å². The first kappa shape index (κ1) is 13.6. The summed E-state index contributed by atoms with van der Waals surface area (Å²) in [6.45, 7) is 0.788. The van der Waals surface area contributed by atoms with Crippen LogP contribution < -0.4 is 15.4 Å². The van der Waals surface area contributed by atoms with Crippen LogP contribution in [0.25, 0.3) is 11.0 Å². The van der Waals surface area contributed by atoms with Crippen molar-refractivity contribution < 1.29 is 4.74 Å². The average molecular weight is 278 g/mol. The number of rotatable bonds is 4. The Morgan fingerprint density at radius 3 is 3.00 bits per heavy atom. The minimum atomic E-state index is 0.663. The van der Waals surface area contributed by atoms with Gasteiger partial charge in [0, 0.05) is 32.2 Å². The number of hydrogen-bond acceptors (Lipinski definition) is 3. The van der Waals surface area contributed by atoms with Gasteiger partial charge >= 0.3 is 0 Å². The monoisotopic (exact) mass is 278 g/mol. The summed E-state index contributed by atoms with van der Waals surface area (Å²) in [4.78, 5) is 4.41. The second-order valence-corrected chi connectivity index (χ2v) is 4.68. The molecule has 2 N–H and O–H groups in total. The minimum Gasteiger partial charge on any atom is -0.495 e. The van der Waals surface area contributed by atoms with Gasteiger partial charge in [0.25, 0.3) is 0 Å². The van der Waals surface area contributed by atoms with Gasteiger partial charge in [0.1, 0.15) is 11.4 Å². The minimum absolute atomic E-state index is 0.663. The van der Waals surface area contributed by atoms with Gasteiger partial charge in [-0.2, -0.15) is 0 Å². The summed E-state index contributed by atoms with van der Waals surface area (Å²) in [6, 6.07) is 2.02. The van der Waals surface area contributed by atoms with Crippen LogP contribution in [0, 0.1) is 0 Å². The molecule has 0 radical (unpaired) electrons. The van der Waals surface area contributed by atoms with E-state index in [1.165, 1.54) is 5.56 Å². The highest BCUT2D eigenvalue weighted by Crippen LogP contribution is 2.23. The van der Waals surface area contributed by atoms with Crippen molar-refractivity contribution in [2.24, 2.45) is 7.05 Å². The number of thiocarbonyl (C=S) groups is 1. The van der Waals surface area contributed by atoms with E-state index >= 15 is 0 Å². The van der Waals surface area contributed by atoms with Crippen LogP contribution in [-0.2, 0) is 13.5 Å². The third-order valence-electron chi connectivity index (χ3n) is 3.01. The molecule has 0 saturated heterocycles. The summed E-state index contributed by atoms with van der Waals surface area (Å²) in [5.74, 6) is 0.777. The fourth-order valence-corrected chi connectivity index (χ4v) is 2.13. The Morgan fingerprint density at radius 2 is 2.32 bits per heavy atom. The molecule has 2 aromatic heterocycles. The van der Waals surface area contributed by atoms with Crippen molar-refractivity contribution in [2.75, 3.05) is 20.7 Å². The molecule has 0 aliphatic carbocycles. The highest BCUT2D eigenvalue weighted by Gasteiger charge is 2.09. The molecule has 0 amide bonds. The number of hydrogen-bond donors (Lipinski definition) is 2. The molecular weight excluding hydrogens is 260 g/mol. The number of pyridine rings is 1. The highest BCUT2D eigenvalue weighted by atomic mass is 32.1. The van der Waals surface area contributed by atoms with E-state index in [0.717, 1.165) is 29.7 Å². The van der Waals surface area contributed by atoms with Crippen molar-refractivity contribution in [3.8, 4) is 5.75 Å². The lowest BCUT2D eigenvalue weighted by atomic mass is 10.1. The van der Waals surface area contributed by atoms with Gasteiger partial charge in [-0.1, -0.05) is 0 Å². The van der Waals surface area contributed by atoms with Crippen molar-refractivity contribution in [1.29, 1.82) is 0 Å². The molecule has 0 aliphatic heterocycles. The molecule has 102 valence electrons. The summed E-state index contributed by atoms with van der Waals surface area (Å²) in [5, 5.41) is 7.82. The van der Waals surface area contributed by atoms with Gasteiger partial charge in [0.15, 0.2) is 5.11 Å². The third kappa shape index (κ3) is 2.96. The lowest BCUT2D eigenvalue weighted by molar-refractivity contribution is 0.413. The maximum atomic E-state index is 5.23. The van der Waals surface area contributed by atoms with Gasteiger partial charge in [-0.15, -0.1) is 0 Å². The van der Waals surface area contributed by atoms with Crippen LogP contribution in [0.2, 0.25) is 0 Å². The number of nitrogens with one attached hydrogen (secondary N) is 2. The number of aromatic nitrogens is 2. The number of ether oxygens (including phenoxy) is 1. The Morgan fingerprint density at radius 1 is 1.53 bits per heavy atom. The average Bonchev–Trinajstić information content (AvgIpc) is 2.74. The summed E-state index contributed by atoms with van der Waals surface area (Å²) in [7, 11) is 5.46. The Kier molecular flexibility index (Phi) is 4.21. The van der Waals surface area contributed by atoms with E-state index in [0.29, 0.717) is 5.11 Å². The molecule has 2 heterocycles. The first-order chi connectivity index (χ1) is 9.15. The summed E-state index contributed by atoms with van der Waals surface area (Å²) < 4.78 is 7.26. The Bertz CT molecular complexity index is 594. The van der Waals surface area contributed by atoms with Crippen molar-refractivity contribution in [3.63, 3.8) is 0 Å². The Hall–Kier alpha value is -1.82. The van der Waals surface area contributed by atoms with Gasteiger partial charge in [-0.3, -0.25) is 0 Å². The molecule has 0 spiro atoms. The van der Waals surface area contributed by atoms with E-state index in [9.17, 15) is 0 Å². The molecule has 0 aliphatic rings. The molecule has 0 unspecified atom stereocenters. The second-order valence-electron chi connectivity index (χ2n) is 4.27. The molecule has 19 heavy (non-hydrogen) atoms. The van der Waals surface area contributed by atoms with Gasteiger partial charge < -0.3 is 19.9 Å². The van der Waals surface area contributed by atoms with Gasteiger partial charge in [-0.25, -0.2) is 4.98 Å². The smallest absolute Gasteiger partial charge is 0.166 e. The van der Waals surface area contributed by atoms with E-state index in [1.54, 1.807) is 13.3 Å². The normalized spacial score (nSPS) is 10.5. The van der Waals surface area contributed by atoms with Crippen LogP contribution in [0.3, 0.4) is 0 Å². The SMILES string of the molecule is CNC(=S)NCCc1cn(C)c2ncc(OC)cc12. The molecule has 5 nitrogen and oxygen atoms in total. The molecule has 2 aromatic rings. The molecule has 0 bridgehead atoms. The maximum absolute atomic E-state index is 5.23. The van der Waals surface area contributed by atoms with E-state index in [2.05, 4.69) is 21.8 Å². The van der Waals surface area contributed by atoms with E-state index in [1.807, 2.05) is 24.7 Å². The molecule has 0 atom stereocenters. The van der Waals surface area contributed by atoms with Crippen molar-refractivity contribution in [2.45, 2.75) is 6.42 Å². The van der Waals surface area contributed by atoms with Gasteiger partial charge in [0.2, 0.25) is 0 Å². The quantitative estimate of drug-likeness (QED) is 0.824. The fourth-order valence-electron chi connectivity index (χ4n) is 2.03. The summed E-state index contributed by atoms with van der Waals surface area (Å²) >= 11 is 5.05. The first-order valence-electron chi connectivity index (χ1n) is 6.09. The lowest BCUT2D eigenvalue weighted by Gasteiger charge is -2.06. The van der Waals surface area contributed by atoms with Crippen LogP contribution in [0.1, 0.15) is 5.56 Å². The zero-order valence-electron chi connectivity index (χ0n) is 11.4. The number of methoxy groups -OCH3 is 1. The summed E-state index contributed by atoms with van der Waals surface area (Å²) in [5.41, 5.74) is 2.20. The zero-order valence-corrected chi connectivity index (χ0v) is 12.2. The molecular formula is C13H18N4OS. The third-order valence-corrected chi connectivity index (χ3v) is 3.36. The summed E-state index contributed by atoms with van der Waals surface area (Å²) in [6.07, 6.45) is 4.72. The molecule has 6 heteroatoms. The van der Waals surface area contributed by atoms with Crippen molar-refractivity contribution in [1.82, 2.24) is 20.2 Å². The standard InChI is InChI=1S/C13H18N4OS/c1-14-13(19)15-5-4-9-8-17(2)12-11(9)6-10(18-3)7-16-12/h6-8H,4-5H2,1-3H3,(H2,14,15,19). The zero-order chi connectivity index (χ0) is 13.8. The predicted molar refractivity (Wildman–Crippen MR) is 80.6 cm³/mol. The molecule has 0 aromatic carbocycles.